The Hall–Kier alpha value is -2.20. The summed E-state index contributed by atoms with van der Waals surface area (Å²) in [6.07, 6.45) is 3.69. The summed E-state index contributed by atoms with van der Waals surface area (Å²) in [5.41, 5.74) is 2.63. The molecule has 2 aromatic heterocycles. The minimum Gasteiger partial charge on any atom is -0.386 e. The number of benzene rings is 1. The molecule has 0 aliphatic rings. The van der Waals surface area contributed by atoms with Crippen molar-refractivity contribution in [2.24, 2.45) is 0 Å². The number of pyridine rings is 1. The van der Waals surface area contributed by atoms with Gasteiger partial charge in [-0.1, -0.05) is 24.3 Å². The third-order valence-electron chi connectivity index (χ3n) is 3.40. The molecule has 0 fully saturated rings. The monoisotopic (exact) mass is 267 g/mol. The van der Waals surface area contributed by atoms with Crippen molar-refractivity contribution in [2.45, 2.75) is 26.0 Å². The maximum absolute atomic E-state index is 10.3. The molecule has 0 saturated heterocycles. The molecule has 4 heteroatoms. The van der Waals surface area contributed by atoms with Crippen LogP contribution in [0.25, 0.3) is 10.9 Å². The molecule has 1 N–H and O–H groups in total. The van der Waals surface area contributed by atoms with Gasteiger partial charge in [-0.3, -0.25) is 9.67 Å². The van der Waals surface area contributed by atoms with Crippen LogP contribution in [-0.2, 0) is 13.0 Å². The van der Waals surface area contributed by atoms with E-state index in [9.17, 15) is 5.11 Å². The van der Waals surface area contributed by atoms with E-state index in [2.05, 4.69) is 10.1 Å². The molecule has 102 valence electrons. The number of nitrogens with zero attached hydrogens (tertiary/aromatic N) is 3. The predicted molar refractivity (Wildman–Crippen MR) is 78.3 cm³/mol. The second-order valence-electron chi connectivity index (χ2n) is 4.85. The molecule has 0 amide bonds. The first kappa shape index (κ1) is 12.8. The molecule has 0 spiro atoms. The zero-order valence-corrected chi connectivity index (χ0v) is 11.4. The fourth-order valence-electron chi connectivity index (χ4n) is 2.28. The van der Waals surface area contributed by atoms with Crippen LogP contribution in [-0.4, -0.2) is 19.9 Å². The first-order chi connectivity index (χ1) is 9.76. The molecule has 2 heterocycles. The summed E-state index contributed by atoms with van der Waals surface area (Å²) in [4.78, 5) is 4.52. The summed E-state index contributed by atoms with van der Waals surface area (Å²) in [5, 5.41) is 15.6. The van der Waals surface area contributed by atoms with Crippen LogP contribution in [0.4, 0.5) is 0 Å². The summed E-state index contributed by atoms with van der Waals surface area (Å²) >= 11 is 0. The van der Waals surface area contributed by atoms with Crippen LogP contribution in [0.3, 0.4) is 0 Å². The lowest BCUT2D eigenvalue weighted by molar-refractivity contribution is 0.174. The van der Waals surface area contributed by atoms with Crippen LogP contribution >= 0.6 is 0 Å². The van der Waals surface area contributed by atoms with Crippen molar-refractivity contribution in [2.75, 3.05) is 0 Å². The first-order valence-electron chi connectivity index (χ1n) is 6.81. The number of aliphatic hydroxyl groups is 1. The summed E-state index contributed by atoms with van der Waals surface area (Å²) in [6, 6.07) is 11.8. The smallest absolute Gasteiger partial charge is 0.100 e. The number of aliphatic hydroxyl groups excluding tert-OH is 1. The number of rotatable bonds is 4. The molecule has 3 rings (SSSR count). The Labute approximate surface area is 117 Å². The van der Waals surface area contributed by atoms with Gasteiger partial charge in [0.2, 0.25) is 0 Å². The third-order valence-corrected chi connectivity index (χ3v) is 3.40. The highest BCUT2D eigenvalue weighted by atomic mass is 16.3. The second kappa shape index (κ2) is 5.43. The van der Waals surface area contributed by atoms with Crippen LogP contribution in [0, 0.1) is 0 Å². The summed E-state index contributed by atoms with van der Waals surface area (Å²) in [5.74, 6) is 0. The van der Waals surface area contributed by atoms with E-state index >= 15 is 0 Å². The van der Waals surface area contributed by atoms with E-state index in [-0.39, 0.29) is 0 Å². The lowest BCUT2D eigenvalue weighted by atomic mass is 10.1. The second-order valence-corrected chi connectivity index (χ2v) is 4.85. The van der Waals surface area contributed by atoms with E-state index in [0.29, 0.717) is 12.1 Å². The maximum Gasteiger partial charge on any atom is 0.100 e. The highest BCUT2D eigenvalue weighted by Gasteiger charge is 2.12. The van der Waals surface area contributed by atoms with Gasteiger partial charge in [0, 0.05) is 24.5 Å². The van der Waals surface area contributed by atoms with Gasteiger partial charge in [0.25, 0.3) is 0 Å². The number of aromatic nitrogens is 3. The number of hydrogen-bond donors (Lipinski definition) is 1. The van der Waals surface area contributed by atoms with Crippen molar-refractivity contribution in [3.63, 3.8) is 0 Å². The van der Waals surface area contributed by atoms with Crippen molar-refractivity contribution >= 4 is 10.9 Å². The molecule has 1 aromatic carbocycles. The molecular formula is C16H17N3O. The zero-order chi connectivity index (χ0) is 13.9. The van der Waals surface area contributed by atoms with Crippen molar-refractivity contribution < 1.29 is 5.11 Å². The molecule has 4 nitrogen and oxygen atoms in total. The van der Waals surface area contributed by atoms with Crippen molar-refractivity contribution in [3.8, 4) is 0 Å². The van der Waals surface area contributed by atoms with E-state index in [0.717, 1.165) is 23.0 Å². The van der Waals surface area contributed by atoms with Gasteiger partial charge < -0.3 is 5.11 Å². The number of para-hydroxylation sites is 1. The molecule has 3 aromatic rings. The van der Waals surface area contributed by atoms with Gasteiger partial charge in [0.05, 0.1) is 17.4 Å². The van der Waals surface area contributed by atoms with E-state index in [4.69, 9.17) is 0 Å². The SMILES string of the molecule is CCn1cc(CC(O)c2ccc3ccccc3n2)cn1. The standard InChI is InChI=1S/C16H17N3O/c1-2-19-11-12(10-17-19)9-16(20)15-8-7-13-5-3-4-6-14(13)18-15/h3-8,10-11,16,20H,2,9H2,1H3. The Kier molecular flexibility index (Phi) is 3.48. The van der Waals surface area contributed by atoms with E-state index in [1.807, 2.05) is 54.2 Å². The van der Waals surface area contributed by atoms with Crippen LogP contribution in [0.5, 0.6) is 0 Å². The molecule has 0 radical (unpaired) electrons. The number of hydrogen-bond acceptors (Lipinski definition) is 3. The Morgan fingerprint density at radius 3 is 2.85 bits per heavy atom. The fourth-order valence-corrected chi connectivity index (χ4v) is 2.28. The van der Waals surface area contributed by atoms with Gasteiger partial charge in [-0.25, -0.2) is 0 Å². The molecule has 1 atom stereocenters. The van der Waals surface area contributed by atoms with Gasteiger partial charge in [0.1, 0.15) is 6.10 Å². The lowest BCUT2D eigenvalue weighted by Gasteiger charge is -2.09. The largest absolute Gasteiger partial charge is 0.386 e. The lowest BCUT2D eigenvalue weighted by Crippen LogP contribution is -2.04. The molecular weight excluding hydrogens is 250 g/mol. The van der Waals surface area contributed by atoms with Crippen LogP contribution in [0.1, 0.15) is 24.3 Å². The van der Waals surface area contributed by atoms with Gasteiger partial charge in [-0.15, -0.1) is 0 Å². The zero-order valence-electron chi connectivity index (χ0n) is 11.4. The minimum atomic E-state index is -0.603. The summed E-state index contributed by atoms with van der Waals surface area (Å²) in [6.45, 7) is 2.88. The Morgan fingerprint density at radius 2 is 2.05 bits per heavy atom. The molecule has 0 aliphatic carbocycles. The average Bonchev–Trinajstić information content (AvgIpc) is 2.94. The van der Waals surface area contributed by atoms with Gasteiger partial charge in [0.15, 0.2) is 0 Å². The number of aryl methyl sites for hydroxylation is 1. The Morgan fingerprint density at radius 1 is 1.20 bits per heavy atom. The van der Waals surface area contributed by atoms with Crippen LogP contribution in [0.15, 0.2) is 48.8 Å². The Bertz CT molecular complexity index is 720. The minimum absolute atomic E-state index is 0.533. The fraction of sp³-hybridized carbons (Fsp3) is 0.250. The number of fused-ring (bicyclic) bond motifs is 1. The van der Waals surface area contributed by atoms with Gasteiger partial charge >= 0.3 is 0 Å². The molecule has 0 aliphatic heterocycles. The molecule has 0 bridgehead atoms. The molecule has 0 saturated carbocycles. The van der Waals surface area contributed by atoms with Crippen molar-refractivity contribution in [1.82, 2.24) is 14.8 Å². The normalized spacial score (nSPS) is 12.7. The Balaban J connectivity index is 1.82. The predicted octanol–water partition coefficient (Wildman–Crippen LogP) is 2.73. The summed E-state index contributed by atoms with van der Waals surface area (Å²) in [7, 11) is 0. The third kappa shape index (κ3) is 2.56. The van der Waals surface area contributed by atoms with Crippen LogP contribution < -0.4 is 0 Å². The molecule has 1 unspecified atom stereocenters. The topological polar surface area (TPSA) is 50.9 Å². The van der Waals surface area contributed by atoms with Crippen molar-refractivity contribution in [1.29, 1.82) is 0 Å². The van der Waals surface area contributed by atoms with E-state index < -0.39 is 6.10 Å². The van der Waals surface area contributed by atoms with Gasteiger partial charge in [-0.05, 0) is 24.6 Å². The average molecular weight is 267 g/mol. The van der Waals surface area contributed by atoms with E-state index in [1.54, 1.807) is 6.20 Å². The molecule has 20 heavy (non-hydrogen) atoms. The van der Waals surface area contributed by atoms with Crippen molar-refractivity contribution in [3.05, 3.63) is 60.0 Å². The quantitative estimate of drug-likeness (QED) is 0.790. The summed E-state index contributed by atoms with van der Waals surface area (Å²) < 4.78 is 1.86. The van der Waals surface area contributed by atoms with E-state index in [1.165, 1.54) is 0 Å². The van der Waals surface area contributed by atoms with Crippen LogP contribution in [0.2, 0.25) is 0 Å². The first-order valence-corrected chi connectivity index (χ1v) is 6.81. The maximum atomic E-state index is 10.3. The highest BCUT2D eigenvalue weighted by molar-refractivity contribution is 5.78. The van der Waals surface area contributed by atoms with Gasteiger partial charge in [-0.2, -0.15) is 5.10 Å². The highest BCUT2D eigenvalue weighted by Crippen LogP contribution is 2.19.